The Kier molecular flexibility index (Phi) is 5.56. The minimum Gasteiger partial charge on any atom is -0.303 e. The quantitative estimate of drug-likeness (QED) is 0.699. The Hall–Kier alpha value is -3.12. The van der Waals surface area contributed by atoms with Crippen LogP contribution < -0.4 is 5.56 Å². The fourth-order valence-corrected chi connectivity index (χ4v) is 2.90. The molecule has 0 N–H and O–H groups in total. The zero-order valence-electron chi connectivity index (χ0n) is 13.8. The van der Waals surface area contributed by atoms with Crippen molar-refractivity contribution in [1.29, 1.82) is 5.26 Å². The highest BCUT2D eigenvalue weighted by Crippen LogP contribution is 2.21. The van der Waals surface area contributed by atoms with Gasteiger partial charge in [0.15, 0.2) is 0 Å². The molecule has 126 valence electrons. The van der Waals surface area contributed by atoms with Crippen LogP contribution in [0.25, 0.3) is 11.3 Å². The molecule has 0 fully saturated rings. The number of nitriles is 1. The van der Waals surface area contributed by atoms with Crippen LogP contribution in [0.2, 0.25) is 0 Å². The molecular formula is C22H22N2O. The molecule has 1 heterocycles. The molecule has 0 aliphatic carbocycles. The van der Waals surface area contributed by atoms with E-state index in [9.17, 15) is 10.1 Å². The zero-order valence-corrected chi connectivity index (χ0v) is 13.8. The predicted molar refractivity (Wildman–Crippen MR) is 103 cm³/mol. The number of aryl methyl sites for hydroxylation is 2. The average Bonchev–Trinajstić information content (AvgIpc) is 2.58. The van der Waals surface area contributed by atoms with Crippen molar-refractivity contribution in [3.63, 3.8) is 0 Å². The topological polar surface area (TPSA) is 45.8 Å². The van der Waals surface area contributed by atoms with Gasteiger partial charge in [0.1, 0.15) is 11.6 Å². The molecule has 0 aliphatic rings. The van der Waals surface area contributed by atoms with Gasteiger partial charge in [0, 0.05) is 0 Å². The first-order chi connectivity index (χ1) is 11.6. The monoisotopic (exact) mass is 330 g/mol. The number of nitrogens with zero attached hydrogens (tertiary/aromatic N) is 2. The third-order valence-corrected chi connectivity index (χ3v) is 4.10. The minimum absolute atomic E-state index is 0. The van der Waals surface area contributed by atoms with Crippen molar-refractivity contribution in [2.24, 2.45) is 0 Å². The number of pyridine rings is 1. The summed E-state index contributed by atoms with van der Waals surface area (Å²) in [6.07, 6.45) is 0. The van der Waals surface area contributed by atoms with Crippen LogP contribution in [0.5, 0.6) is 0 Å². The summed E-state index contributed by atoms with van der Waals surface area (Å²) >= 11 is 0. The smallest absolute Gasteiger partial charge is 0.269 e. The SMILES string of the molecule is C.Cc1cccc(Cn2c(-c3ccccc3)cc(C)c(C#N)c2=O)c1. The van der Waals surface area contributed by atoms with Crippen LogP contribution in [-0.2, 0) is 6.54 Å². The van der Waals surface area contributed by atoms with E-state index in [1.165, 1.54) is 0 Å². The van der Waals surface area contributed by atoms with E-state index in [1.807, 2.05) is 74.5 Å². The van der Waals surface area contributed by atoms with E-state index < -0.39 is 0 Å². The van der Waals surface area contributed by atoms with Crippen LogP contribution in [-0.4, -0.2) is 4.57 Å². The van der Waals surface area contributed by atoms with Crippen molar-refractivity contribution in [3.8, 4) is 17.3 Å². The molecule has 0 atom stereocenters. The van der Waals surface area contributed by atoms with Gasteiger partial charge < -0.3 is 4.57 Å². The molecule has 0 saturated heterocycles. The Balaban J connectivity index is 0.00000225. The molecule has 25 heavy (non-hydrogen) atoms. The Labute approximate surface area is 148 Å². The summed E-state index contributed by atoms with van der Waals surface area (Å²) in [5.74, 6) is 0. The number of hydrogen-bond donors (Lipinski definition) is 0. The summed E-state index contributed by atoms with van der Waals surface area (Å²) in [7, 11) is 0. The molecule has 3 rings (SSSR count). The van der Waals surface area contributed by atoms with Crippen LogP contribution in [0.4, 0.5) is 0 Å². The number of rotatable bonds is 3. The fraction of sp³-hybridized carbons (Fsp3) is 0.182. The average molecular weight is 330 g/mol. The summed E-state index contributed by atoms with van der Waals surface area (Å²) in [5, 5.41) is 9.33. The van der Waals surface area contributed by atoms with Crippen LogP contribution in [0.1, 0.15) is 29.7 Å². The lowest BCUT2D eigenvalue weighted by atomic mass is 10.0. The van der Waals surface area contributed by atoms with Crippen LogP contribution >= 0.6 is 0 Å². The predicted octanol–water partition coefficient (Wildman–Crippen LogP) is 4.69. The largest absolute Gasteiger partial charge is 0.303 e. The van der Waals surface area contributed by atoms with Crippen molar-refractivity contribution < 1.29 is 0 Å². The molecule has 3 heteroatoms. The molecule has 3 nitrogen and oxygen atoms in total. The van der Waals surface area contributed by atoms with Gasteiger partial charge in [-0.15, -0.1) is 0 Å². The van der Waals surface area contributed by atoms with Gasteiger partial charge in [0.2, 0.25) is 0 Å². The Bertz CT molecular complexity index is 979. The highest BCUT2D eigenvalue weighted by molar-refractivity contribution is 5.62. The molecule has 0 unspecified atom stereocenters. The normalized spacial score (nSPS) is 9.96. The molecule has 0 radical (unpaired) electrons. The maximum absolute atomic E-state index is 12.8. The van der Waals surface area contributed by atoms with E-state index in [4.69, 9.17) is 0 Å². The van der Waals surface area contributed by atoms with Gasteiger partial charge in [-0.1, -0.05) is 67.6 Å². The summed E-state index contributed by atoms with van der Waals surface area (Å²) in [4.78, 5) is 12.8. The third-order valence-electron chi connectivity index (χ3n) is 4.10. The van der Waals surface area contributed by atoms with Gasteiger partial charge in [0.05, 0.1) is 12.2 Å². The van der Waals surface area contributed by atoms with Crippen molar-refractivity contribution in [3.05, 3.63) is 93.3 Å². The van der Waals surface area contributed by atoms with Gasteiger partial charge in [0.25, 0.3) is 5.56 Å². The number of aromatic nitrogens is 1. The minimum atomic E-state index is -0.238. The van der Waals surface area contributed by atoms with Gasteiger partial charge in [-0.2, -0.15) is 5.26 Å². The first-order valence-electron chi connectivity index (χ1n) is 7.85. The molecule has 0 aliphatic heterocycles. The van der Waals surface area contributed by atoms with E-state index in [-0.39, 0.29) is 18.5 Å². The lowest BCUT2D eigenvalue weighted by Crippen LogP contribution is -2.25. The fourth-order valence-electron chi connectivity index (χ4n) is 2.90. The van der Waals surface area contributed by atoms with Crippen LogP contribution in [0, 0.1) is 25.2 Å². The van der Waals surface area contributed by atoms with E-state index in [0.717, 1.165) is 22.4 Å². The highest BCUT2D eigenvalue weighted by Gasteiger charge is 2.14. The summed E-state index contributed by atoms with van der Waals surface area (Å²) in [6.45, 7) is 4.28. The van der Waals surface area contributed by atoms with E-state index in [2.05, 4.69) is 6.07 Å². The lowest BCUT2D eigenvalue weighted by molar-refractivity contribution is 0.762. The van der Waals surface area contributed by atoms with Gasteiger partial charge in [-0.25, -0.2) is 0 Å². The molecule has 0 spiro atoms. The first-order valence-corrected chi connectivity index (χ1v) is 7.85. The van der Waals surface area contributed by atoms with E-state index in [0.29, 0.717) is 12.1 Å². The van der Waals surface area contributed by atoms with Crippen LogP contribution in [0.15, 0.2) is 65.5 Å². The lowest BCUT2D eigenvalue weighted by Gasteiger charge is -2.15. The van der Waals surface area contributed by atoms with Crippen LogP contribution in [0.3, 0.4) is 0 Å². The van der Waals surface area contributed by atoms with Gasteiger partial charge in [-0.05, 0) is 36.6 Å². The van der Waals surface area contributed by atoms with Crippen molar-refractivity contribution in [1.82, 2.24) is 4.57 Å². The van der Waals surface area contributed by atoms with E-state index >= 15 is 0 Å². The Morgan fingerprint density at radius 3 is 2.36 bits per heavy atom. The second kappa shape index (κ2) is 7.63. The summed E-state index contributed by atoms with van der Waals surface area (Å²) < 4.78 is 1.69. The standard InChI is InChI=1S/C21H18N2O.CH4/c1-15-7-6-8-17(11-15)14-23-20(18-9-4-3-5-10-18)12-16(2)19(13-22)21(23)24;/h3-12H,14H2,1-2H3;1H4. The first kappa shape index (κ1) is 18.2. The van der Waals surface area contributed by atoms with Gasteiger partial charge >= 0.3 is 0 Å². The van der Waals surface area contributed by atoms with Crippen molar-refractivity contribution in [2.45, 2.75) is 27.8 Å². The Morgan fingerprint density at radius 2 is 1.72 bits per heavy atom. The van der Waals surface area contributed by atoms with Gasteiger partial charge in [-0.3, -0.25) is 4.79 Å². The third kappa shape index (κ3) is 3.70. The highest BCUT2D eigenvalue weighted by atomic mass is 16.1. The molecule has 0 amide bonds. The molecular weight excluding hydrogens is 308 g/mol. The summed E-state index contributed by atoms with van der Waals surface area (Å²) in [5.41, 5.74) is 4.67. The molecule has 0 bridgehead atoms. The second-order valence-electron chi connectivity index (χ2n) is 5.95. The second-order valence-corrected chi connectivity index (χ2v) is 5.95. The van der Waals surface area contributed by atoms with E-state index in [1.54, 1.807) is 4.57 Å². The maximum Gasteiger partial charge on any atom is 0.269 e. The molecule has 0 saturated carbocycles. The molecule has 3 aromatic rings. The van der Waals surface area contributed by atoms with Crippen molar-refractivity contribution in [2.75, 3.05) is 0 Å². The number of benzene rings is 2. The zero-order chi connectivity index (χ0) is 17.1. The summed E-state index contributed by atoms with van der Waals surface area (Å²) in [6, 6.07) is 21.8. The maximum atomic E-state index is 12.8. The number of hydrogen-bond acceptors (Lipinski definition) is 2. The molecule has 1 aromatic heterocycles. The Morgan fingerprint density at radius 1 is 1.00 bits per heavy atom. The van der Waals surface area contributed by atoms with Crippen molar-refractivity contribution >= 4 is 0 Å². The molecule has 2 aromatic carbocycles.